The first-order valence-electron chi connectivity index (χ1n) is 15.8. The molecule has 0 aliphatic heterocycles. The summed E-state index contributed by atoms with van der Waals surface area (Å²) >= 11 is 0. The van der Waals surface area contributed by atoms with Gasteiger partial charge in [0.15, 0.2) is 5.78 Å². The second kappa shape index (κ2) is 13.7. The number of carbonyl (C=O) groups is 1. The molecule has 0 atom stereocenters. The maximum absolute atomic E-state index is 10.7. The normalized spacial score (nSPS) is 13.4. The number of carbonyl (C=O) groups excluding carboxylic acids is 1. The Morgan fingerprint density at radius 1 is 0.867 bits per heavy atom. The number of hydrogen-bond acceptors (Lipinski definition) is 4. The molecule has 2 aromatic heterocycles. The number of Topliss-reactive ketones (excluding diaryl/α,β-unsaturated/α-hetero) is 1. The van der Waals surface area contributed by atoms with Crippen LogP contribution in [0.1, 0.15) is 105 Å². The average Bonchev–Trinajstić information content (AvgIpc) is 3.69. The van der Waals surface area contributed by atoms with Crippen molar-refractivity contribution in [3.05, 3.63) is 107 Å². The second-order valence-electron chi connectivity index (χ2n) is 12.7. The molecule has 1 aliphatic carbocycles. The Morgan fingerprint density at radius 3 is 2.24 bits per heavy atom. The van der Waals surface area contributed by atoms with Gasteiger partial charge in [-0.1, -0.05) is 100 Å². The third-order valence-corrected chi connectivity index (χ3v) is 8.96. The largest absolute Gasteiger partial charge is 0.507 e. The van der Waals surface area contributed by atoms with E-state index in [1.165, 1.54) is 66.1 Å². The molecule has 7 rings (SSSR count). The van der Waals surface area contributed by atoms with Gasteiger partial charge in [0.1, 0.15) is 11.3 Å². The molecular formula is C40H40IrNO3-. The molecule has 6 aromatic rings. The van der Waals surface area contributed by atoms with Gasteiger partial charge in [0.05, 0.1) is 11.1 Å². The van der Waals surface area contributed by atoms with Crippen molar-refractivity contribution in [3.8, 4) is 17.0 Å². The van der Waals surface area contributed by atoms with Crippen LogP contribution in [0.2, 0.25) is 0 Å². The summed E-state index contributed by atoms with van der Waals surface area (Å²) in [7, 11) is 0. The molecule has 0 amide bonds. The van der Waals surface area contributed by atoms with Gasteiger partial charge in [0.25, 0.3) is 0 Å². The maximum Gasteiger partial charge on any atom is 0.163 e. The van der Waals surface area contributed by atoms with Crippen LogP contribution in [-0.2, 0) is 20.1 Å². The van der Waals surface area contributed by atoms with Crippen LogP contribution in [0.3, 0.4) is 0 Å². The number of furan rings is 1. The Bertz CT molecular complexity index is 1980. The fourth-order valence-electron chi connectivity index (χ4n) is 6.49. The zero-order chi connectivity index (χ0) is 31.0. The molecule has 1 radical (unpaired) electrons. The van der Waals surface area contributed by atoms with E-state index < -0.39 is 0 Å². The first-order valence-corrected chi connectivity index (χ1v) is 15.8. The number of benzene rings is 4. The first-order chi connectivity index (χ1) is 21.2. The molecule has 1 fully saturated rings. The van der Waals surface area contributed by atoms with E-state index in [4.69, 9.17) is 14.5 Å². The molecule has 233 valence electrons. The van der Waals surface area contributed by atoms with Crippen molar-refractivity contribution < 1.29 is 34.4 Å². The number of hydrogen-bond donors (Lipinski definition) is 1. The Balaban J connectivity index is 0.000000313. The van der Waals surface area contributed by atoms with Gasteiger partial charge in [0.2, 0.25) is 0 Å². The van der Waals surface area contributed by atoms with Gasteiger partial charge in [0, 0.05) is 31.7 Å². The van der Waals surface area contributed by atoms with Crippen molar-refractivity contribution >= 4 is 38.5 Å². The zero-order valence-corrected chi connectivity index (χ0v) is 29.0. The second-order valence-corrected chi connectivity index (χ2v) is 12.7. The Kier molecular flexibility index (Phi) is 9.91. The molecule has 1 N–H and O–H groups in total. The van der Waals surface area contributed by atoms with E-state index in [0.717, 1.165) is 33.2 Å². The van der Waals surface area contributed by atoms with Crippen molar-refractivity contribution in [3.63, 3.8) is 0 Å². The number of aromatic nitrogens is 1. The van der Waals surface area contributed by atoms with Crippen LogP contribution in [0, 0.1) is 6.07 Å². The molecule has 1 saturated carbocycles. The van der Waals surface area contributed by atoms with Gasteiger partial charge < -0.3 is 14.5 Å². The van der Waals surface area contributed by atoms with Crippen molar-refractivity contribution in [1.82, 2.24) is 4.98 Å². The Hall–Kier alpha value is -3.79. The van der Waals surface area contributed by atoms with Gasteiger partial charge in [-0.3, -0.25) is 4.79 Å². The van der Waals surface area contributed by atoms with Gasteiger partial charge >= 0.3 is 0 Å². The minimum absolute atomic E-state index is 0. The van der Waals surface area contributed by atoms with Crippen molar-refractivity contribution in [1.29, 1.82) is 0 Å². The molecule has 4 aromatic carbocycles. The maximum atomic E-state index is 10.7. The van der Waals surface area contributed by atoms with E-state index in [-0.39, 0.29) is 31.6 Å². The molecule has 4 nitrogen and oxygen atoms in total. The minimum atomic E-state index is -0.113. The van der Waals surface area contributed by atoms with Crippen LogP contribution >= 0.6 is 0 Å². The van der Waals surface area contributed by atoms with E-state index in [2.05, 4.69) is 82.4 Å². The van der Waals surface area contributed by atoms with E-state index in [0.29, 0.717) is 23.3 Å². The topological polar surface area (TPSA) is 63.3 Å². The number of pyridine rings is 1. The quantitative estimate of drug-likeness (QED) is 0.140. The predicted molar refractivity (Wildman–Crippen MR) is 181 cm³/mol. The smallest absolute Gasteiger partial charge is 0.163 e. The van der Waals surface area contributed by atoms with Gasteiger partial charge in [-0.25, -0.2) is 0 Å². The third-order valence-electron chi connectivity index (χ3n) is 8.96. The number of aromatic hydroxyl groups is 1. The van der Waals surface area contributed by atoms with Crippen molar-refractivity contribution in [2.45, 2.75) is 78.1 Å². The molecule has 2 heterocycles. The number of ketones is 1. The van der Waals surface area contributed by atoms with E-state index in [1.807, 2.05) is 6.07 Å². The number of phenolic OH excluding ortho intramolecular Hbond substituents is 1. The molecule has 0 saturated heterocycles. The molecule has 45 heavy (non-hydrogen) atoms. The molecule has 0 bridgehead atoms. The number of fused-ring (bicyclic) bond motifs is 4. The summed E-state index contributed by atoms with van der Waals surface area (Å²) in [5.41, 5.74) is 8.13. The zero-order valence-electron chi connectivity index (χ0n) is 26.6. The fraction of sp³-hybridized carbons (Fsp3) is 0.300. The minimum Gasteiger partial charge on any atom is -0.507 e. The van der Waals surface area contributed by atoms with E-state index in [1.54, 1.807) is 18.2 Å². The molecule has 5 heteroatoms. The van der Waals surface area contributed by atoms with Gasteiger partial charge in [-0.15, -0.1) is 17.7 Å². The summed E-state index contributed by atoms with van der Waals surface area (Å²) in [6, 6.07) is 27.9. The fourth-order valence-corrected chi connectivity index (χ4v) is 6.49. The molecular weight excluding hydrogens is 735 g/mol. The van der Waals surface area contributed by atoms with Crippen LogP contribution in [0.15, 0.2) is 83.4 Å². The number of nitrogens with zero attached hydrogens (tertiary/aromatic N) is 1. The predicted octanol–water partition coefficient (Wildman–Crippen LogP) is 11.1. The van der Waals surface area contributed by atoms with Crippen LogP contribution in [-0.4, -0.2) is 15.9 Å². The first kappa shape index (κ1) is 32.6. The summed E-state index contributed by atoms with van der Waals surface area (Å²) in [4.78, 5) is 15.8. The van der Waals surface area contributed by atoms with E-state index in [9.17, 15) is 4.79 Å². The summed E-state index contributed by atoms with van der Waals surface area (Å²) in [6.45, 7) is 10.4. The third kappa shape index (κ3) is 6.48. The summed E-state index contributed by atoms with van der Waals surface area (Å²) in [5, 5.41) is 13.9. The molecule has 0 spiro atoms. The summed E-state index contributed by atoms with van der Waals surface area (Å²) < 4.78 is 6.43. The molecule has 1 aliphatic rings. The number of para-hydroxylation sites is 2. The Labute approximate surface area is 279 Å². The average molecular weight is 775 g/mol. The molecule has 0 unspecified atom stereocenters. The van der Waals surface area contributed by atoms with E-state index >= 15 is 0 Å². The van der Waals surface area contributed by atoms with Crippen molar-refractivity contribution in [2.75, 3.05) is 0 Å². The SMILES string of the molecule is CC(=O)c1ccccc1O.CC(C)c1[c-]c(-c2ncc(C(C)C)c3cc(C4CCCC4)ccc23)c2oc3ccccc3c2c1.[Ir]. The number of rotatable bonds is 5. The summed E-state index contributed by atoms with van der Waals surface area (Å²) in [5.74, 6) is 1.42. The Morgan fingerprint density at radius 2 is 1.58 bits per heavy atom. The van der Waals surface area contributed by atoms with Gasteiger partial charge in [-0.05, 0) is 83.3 Å². The van der Waals surface area contributed by atoms with Crippen LogP contribution < -0.4 is 0 Å². The summed E-state index contributed by atoms with van der Waals surface area (Å²) in [6.07, 6.45) is 7.41. The van der Waals surface area contributed by atoms with Crippen molar-refractivity contribution in [2.24, 2.45) is 0 Å². The van der Waals surface area contributed by atoms with Crippen LogP contribution in [0.5, 0.6) is 5.75 Å². The monoisotopic (exact) mass is 775 g/mol. The standard InChI is InChI=1S/C32H32NO.C8H8O2.Ir/c1-19(2)23-16-27-24-11-7-8-12-30(24)34-32(27)28(17-23)31-25-14-13-22(21-9-5-6-10-21)15-26(25)29(18-33-31)20(3)4;1-6(9)7-4-2-3-5-8(7)10;/h7-8,11-16,18-21H,5-6,9-10H2,1-4H3;2-5,10H,1H3;/q-1;;. The van der Waals surface area contributed by atoms with Crippen LogP contribution in [0.4, 0.5) is 0 Å². The van der Waals surface area contributed by atoms with Crippen LogP contribution in [0.25, 0.3) is 44.0 Å². The van der Waals surface area contributed by atoms with Gasteiger partial charge in [-0.2, -0.15) is 0 Å². The number of phenols is 1.